The molecule has 5 aromatic rings. The fourth-order valence-corrected chi connectivity index (χ4v) is 4.06. The van der Waals surface area contributed by atoms with Gasteiger partial charge in [0.05, 0.1) is 11.1 Å². The van der Waals surface area contributed by atoms with Crippen LogP contribution < -0.4 is 10.6 Å². The molecule has 0 aliphatic heterocycles. The summed E-state index contributed by atoms with van der Waals surface area (Å²) in [7, 11) is 0. The molecule has 0 bridgehead atoms. The summed E-state index contributed by atoms with van der Waals surface area (Å²) >= 11 is 12.6. The summed E-state index contributed by atoms with van der Waals surface area (Å²) in [4.78, 5) is 12.8. The van der Waals surface area contributed by atoms with Crippen LogP contribution in [0.1, 0.15) is 0 Å². The van der Waals surface area contributed by atoms with Crippen molar-refractivity contribution in [2.45, 2.75) is 10.2 Å². The number of fused-ring (bicyclic) bond motifs is 1. The number of pyridine rings is 1. The van der Waals surface area contributed by atoms with Crippen molar-refractivity contribution >= 4 is 63.0 Å². The van der Waals surface area contributed by atoms with Gasteiger partial charge in [0.25, 0.3) is 5.22 Å². The molecule has 3 aromatic heterocycles. The molecule has 0 fully saturated rings. The average molecular weight is 492 g/mol. The number of hydrogen-bond donors (Lipinski definition) is 2. The Morgan fingerprint density at radius 3 is 2.61 bits per heavy atom. The molecule has 162 valence electrons. The van der Waals surface area contributed by atoms with E-state index in [1.165, 1.54) is 18.1 Å². The zero-order chi connectivity index (χ0) is 22.6. The highest BCUT2D eigenvalue weighted by atomic mass is 35.5. The summed E-state index contributed by atoms with van der Waals surface area (Å²) in [5.74, 6) is 0.393. The molecule has 33 heavy (non-hydrogen) atoms. The van der Waals surface area contributed by atoms with Crippen molar-refractivity contribution in [2.24, 2.45) is 0 Å². The number of halogens is 1. The van der Waals surface area contributed by atoms with Gasteiger partial charge in [-0.1, -0.05) is 11.6 Å². The number of nitrogens with one attached hydrogen (secondary N) is 2. The SMILES string of the molecule is S=C(Nc1ccc(Cl)cc1)Nc1ccc2ncnc(Sc3nnc(-c4cccnc4)o3)c2c1. The Kier molecular flexibility index (Phi) is 6.11. The van der Waals surface area contributed by atoms with Crippen molar-refractivity contribution in [3.8, 4) is 11.5 Å². The summed E-state index contributed by atoms with van der Waals surface area (Å²) in [6.45, 7) is 0. The van der Waals surface area contributed by atoms with E-state index in [0.717, 1.165) is 27.8 Å². The maximum atomic E-state index is 5.93. The first-order valence-corrected chi connectivity index (χ1v) is 11.2. The Morgan fingerprint density at radius 2 is 1.79 bits per heavy atom. The summed E-state index contributed by atoms with van der Waals surface area (Å²) in [6.07, 6.45) is 4.86. The number of thiocarbonyl (C=S) groups is 1. The lowest BCUT2D eigenvalue weighted by Gasteiger charge is -2.11. The highest BCUT2D eigenvalue weighted by molar-refractivity contribution is 7.99. The van der Waals surface area contributed by atoms with E-state index in [0.29, 0.717) is 26.3 Å². The van der Waals surface area contributed by atoms with E-state index in [9.17, 15) is 0 Å². The van der Waals surface area contributed by atoms with E-state index in [1.807, 2.05) is 42.5 Å². The fourth-order valence-electron chi connectivity index (χ4n) is 2.96. The molecule has 5 rings (SSSR count). The third-order valence-electron chi connectivity index (χ3n) is 4.46. The minimum atomic E-state index is 0.368. The molecule has 3 heterocycles. The number of benzene rings is 2. The van der Waals surface area contributed by atoms with E-state index in [2.05, 4.69) is 35.8 Å². The zero-order valence-electron chi connectivity index (χ0n) is 16.8. The van der Waals surface area contributed by atoms with Gasteiger partial charge in [0, 0.05) is 34.2 Å². The van der Waals surface area contributed by atoms with Gasteiger partial charge in [-0.2, -0.15) is 0 Å². The first kappa shape index (κ1) is 21.3. The predicted molar refractivity (Wildman–Crippen MR) is 132 cm³/mol. The van der Waals surface area contributed by atoms with E-state index in [-0.39, 0.29) is 0 Å². The summed E-state index contributed by atoms with van der Waals surface area (Å²) in [5, 5.41) is 17.5. The van der Waals surface area contributed by atoms with Crippen LogP contribution in [0, 0.1) is 0 Å². The monoisotopic (exact) mass is 491 g/mol. The third-order valence-corrected chi connectivity index (χ3v) is 5.77. The second kappa shape index (κ2) is 9.49. The highest BCUT2D eigenvalue weighted by Crippen LogP contribution is 2.33. The third kappa shape index (κ3) is 5.08. The van der Waals surface area contributed by atoms with Gasteiger partial charge in [-0.3, -0.25) is 4.98 Å². The predicted octanol–water partition coefficient (Wildman–Crippen LogP) is 5.69. The topological polar surface area (TPSA) is 102 Å². The van der Waals surface area contributed by atoms with E-state index in [4.69, 9.17) is 28.2 Å². The van der Waals surface area contributed by atoms with Crippen LogP contribution in [0.4, 0.5) is 11.4 Å². The Hall–Kier alpha value is -3.60. The molecule has 0 aliphatic carbocycles. The molecule has 0 amide bonds. The first-order chi connectivity index (χ1) is 16.1. The van der Waals surface area contributed by atoms with Crippen LogP contribution in [-0.4, -0.2) is 30.3 Å². The number of hydrogen-bond acceptors (Lipinski definition) is 8. The molecule has 2 aromatic carbocycles. The molecular formula is C22H14ClN7OS2. The Bertz CT molecular complexity index is 1430. The van der Waals surface area contributed by atoms with Gasteiger partial charge in [-0.15, -0.1) is 10.2 Å². The van der Waals surface area contributed by atoms with Gasteiger partial charge in [-0.05, 0) is 78.6 Å². The number of aromatic nitrogens is 5. The van der Waals surface area contributed by atoms with Crippen LogP contribution in [0.5, 0.6) is 0 Å². The molecule has 0 aliphatic rings. The molecule has 0 saturated heterocycles. The van der Waals surface area contributed by atoms with Crippen LogP contribution >= 0.6 is 35.6 Å². The lowest BCUT2D eigenvalue weighted by Crippen LogP contribution is -2.18. The Morgan fingerprint density at radius 1 is 0.970 bits per heavy atom. The van der Waals surface area contributed by atoms with Gasteiger partial charge in [0.15, 0.2) is 5.11 Å². The van der Waals surface area contributed by atoms with Crippen molar-refractivity contribution in [3.63, 3.8) is 0 Å². The maximum Gasteiger partial charge on any atom is 0.283 e. The summed E-state index contributed by atoms with van der Waals surface area (Å²) < 4.78 is 5.78. The number of anilines is 2. The lowest BCUT2D eigenvalue weighted by atomic mass is 10.2. The van der Waals surface area contributed by atoms with Gasteiger partial charge < -0.3 is 15.1 Å². The average Bonchev–Trinajstić information content (AvgIpc) is 3.30. The molecule has 0 spiro atoms. The molecule has 0 radical (unpaired) electrons. The lowest BCUT2D eigenvalue weighted by molar-refractivity contribution is 0.465. The molecule has 0 atom stereocenters. The minimum absolute atomic E-state index is 0.368. The first-order valence-electron chi connectivity index (χ1n) is 9.64. The van der Waals surface area contributed by atoms with Crippen LogP contribution in [0.15, 0.2) is 88.0 Å². The van der Waals surface area contributed by atoms with Crippen LogP contribution in [0.25, 0.3) is 22.4 Å². The quantitative estimate of drug-likeness (QED) is 0.235. The number of rotatable bonds is 5. The van der Waals surface area contributed by atoms with Crippen LogP contribution in [0.3, 0.4) is 0 Å². The highest BCUT2D eigenvalue weighted by Gasteiger charge is 2.14. The summed E-state index contributed by atoms with van der Waals surface area (Å²) in [6, 6.07) is 16.7. The maximum absolute atomic E-state index is 5.93. The fraction of sp³-hybridized carbons (Fsp3) is 0. The van der Waals surface area contributed by atoms with Crippen LogP contribution in [0.2, 0.25) is 5.02 Å². The van der Waals surface area contributed by atoms with E-state index in [1.54, 1.807) is 24.5 Å². The second-order valence-electron chi connectivity index (χ2n) is 6.71. The molecule has 2 N–H and O–H groups in total. The van der Waals surface area contributed by atoms with Gasteiger partial charge in [0.2, 0.25) is 5.89 Å². The second-order valence-corrected chi connectivity index (χ2v) is 8.50. The molecule has 11 heteroatoms. The minimum Gasteiger partial charge on any atom is -0.411 e. The molecular weight excluding hydrogens is 478 g/mol. The Labute approximate surface area is 202 Å². The van der Waals surface area contributed by atoms with Crippen molar-refractivity contribution in [1.29, 1.82) is 0 Å². The molecule has 0 unspecified atom stereocenters. The largest absolute Gasteiger partial charge is 0.411 e. The smallest absolute Gasteiger partial charge is 0.283 e. The van der Waals surface area contributed by atoms with Crippen molar-refractivity contribution in [1.82, 2.24) is 25.1 Å². The van der Waals surface area contributed by atoms with Crippen LogP contribution in [-0.2, 0) is 0 Å². The van der Waals surface area contributed by atoms with E-state index < -0.39 is 0 Å². The number of nitrogens with zero attached hydrogens (tertiary/aromatic N) is 5. The normalized spacial score (nSPS) is 10.8. The van der Waals surface area contributed by atoms with Gasteiger partial charge in [-0.25, -0.2) is 9.97 Å². The van der Waals surface area contributed by atoms with E-state index >= 15 is 0 Å². The van der Waals surface area contributed by atoms with Crippen molar-refractivity contribution < 1.29 is 4.42 Å². The summed E-state index contributed by atoms with van der Waals surface area (Å²) in [5.41, 5.74) is 3.14. The van der Waals surface area contributed by atoms with Crippen molar-refractivity contribution in [3.05, 3.63) is 78.3 Å². The standard InChI is InChI=1S/C22H14ClN7OS2/c23-14-3-5-15(6-4-14)27-21(32)28-16-7-8-18-17(10-16)20(26-12-25-18)33-22-30-29-19(31-22)13-2-1-9-24-11-13/h1-12H,(H2,27,28,32). The molecule has 8 nitrogen and oxygen atoms in total. The molecule has 0 saturated carbocycles. The van der Waals surface area contributed by atoms with Gasteiger partial charge in [0.1, 0.15) is 11.4 Å². The zero-order valence-corrected chi connectivity index (χ0v) is 19.2. The Balaban J connectivity index is 1.35. The van der Waals surface area contributed by atoms with Crippen molar-refractivity contribution in [2.75, 3.05) is 10.6 Å². The van der Waals surface area contributed by atoms with Gasteiger partial charge >= 0.3 is 0 Å².